The Morgan fingerprint density at radius 3 is 2.95 bits per heavy atom. The van der Waals surface area contributed by atoms with E-state index in [2.05, 4.69) is 4.90 Å². The zero-order valence-corrected chi connectivity index (χ0v) is 11.3. The molecule has 0 bridgehead atoms. The Morgan fingerprint density at radius 1 is 1.47 bits per heavy atom. The third-order valence-electron chi connectivity index (χ3n) is 3.88. The summed E-state index contributed by atoms with van der Waals surface area (Å²) in [7, 11) is 0. The zero-order valence-electron chi connectivity index (χ0n) is 11.3. The van der Waals surface area contributed by atoms with Crippen LogP contribution in [0.5, 0.6) is 0 Å². The third kappa shape index (κ3) is 3.75. The molecule has 0 radical (unpaired) electrons. The number of β-amino-alcohol motifs (C(OH)–C–C–N with tert-alkyl or cyclic N) is 1. The molecule has 19 heavy (non-hydrogen) atoms. The van der Waals surface area contributed by atoms with E-state index in [1.54, 1.807) is 6.07 Å². The lowest BCUT2D eigenvalue weighted by Crippen LogP contribution is -2.39. The minimum Gasteiger partial charge on any atom is -0.396 e. The standard InChI is InChI=1S/C15H22FNO2/c1-11-7-13(16)4-5-14(11)15(19)9-17-6-2-3-12(8-17)10-18/h4-5,7,12,15,18-19H,2-3,6,8-10H2,1H3. The molecule has 1 aliphatic rings. The number of nitrogens with zero attached hydrogens (tertiary/aromatic N) is 1. The predicted molar refractivity (Wildman–Crippen MR) is 72.3 cm³/mol. The van der Waals surface area contributed by atoms with Crippen molar-refractivity contribution in [3.8, 4) is 0 Å². The van der Waals surface area contributed by atoms with E-state index in [1.165, 1.54) is 12.1 Å². The van der Waals surface area contributed by atoms with Crippen LogP contribution in [-0.4, -0.2) is 41.4 Å². The molecule has 1 fully saturated rings. The Morgan fingerprint density at radius 2 is 2.26 bits per heavy atom. The van der Waals surface area contributed by atoms with Crippen molar-refractivity contribution in [2.45, 2.75) is 25.9 Å². The summed E-state index contributed by atoms with van der Waals surface area (Å²) in [4.78, 5) is 2.18. The molecular formula is C15H22FNO2. The summed E-state index contributed by atoms with van der Waals surface area (Å²) in [6, 6.07) is 4.49. The van der Waals surface area contributed by atoms with Crippen molar-refractivity contribution >= 4 is 0 Å². The average molecular weight is 267 g/mol. The van der Waals surface area contributed by atoms with Crippen molar-refractivity contribution in [2.75, 3.05) is 26.2 Å². The average Bonchev–Trinajstić information content (AvgIpc) is 2.38. The maximum absolute atomic E-state index is 13.0. The normalized spacial score (nSPS) is 22.4. The van der Waals surface area contributed by atoms with Crippen LogP contribution in [0.25, 0.3) is 0 Å². The first-order valence-electron chi connectivity index (χ1n) is 6.87. The van der Waals surface area contributed by atoms with Crippen LogP contribution in [0.2, 0.25) is 0 Å². The minimum absolute atomic E-state index is 0.210. The number of aryl methyl sites for hydroxylation is 1. The van der Waals surface area contributed by atoms with Gasteiger partial charge in [0.25, 0.3) is 0 Å². The van der Waals surface area contributed by atoms with Crippen LogP contribution in [0.15, 0.2) is 18.2 Å². The number of likely N-dealkylation sites (tertiary alicyclic amines) is 1. The van der Waals surface area contributed by atoms with Crippen molar-refractivity contribution in [3.63, 3.8) is 0 Å². The van der Waals surface area contributed by atoms with Gasteiger partial charge in [0.1, 0.15) is 5.82 Å². The van der Waals surface area contributed by atoms with Crippen molar-refractivity contribution in [1.82, 2.24) is 4.90 Å². The van der Waals surface area contributed by atoms with Crippen LogP contribution in [0.3, 0.4) is 0 Å². The van der Waals surface area contributed by atoms with Gasteiger partial charge in [-0.15, -0.1) is 0 Å². The molecule has 2 rings (SSSR count). The summed E-state index contributed by atoms with van der Waals surface area (Å²) < 4.78 is 13.0. The minimum atomic E-state index is -0.599. The fourth-order valence-corrected chi connectivity index (χ4v) is 2.82. The zero-order chi connectivity index (χ0) is 13.8. The molecule has 2 unspecified atom stereocenters. The van der Waals surface area contributed by atoms with Crippen LogP contribution < -0.4 is 0 Å². The molecular weight excluding hydrogens is 245 g/mol. The summed E-state index contributed by atoms with van der Waals surface area (Å²) in [6.07, 6.45) is 1.51. The van der Waals surface area contributed by atoms with Crippen LogP contribution >= 0.6 is 0 Å². The molecule has 2 atom stereocenters. The fourth-order valence-electron chi connectivity index (χ4n) is 2.82. The Hall–Kier alpha value is -0.970. The number of aliphatic hydroxyl groups excluding tert-OH is 2. The molecule has 0 saturated carbocycles. The number of benzene rings is 1. The molecule has 1 heterocycles. The van der Waals surface area contributed by atoms with Crippen molar-refractivity contribution in [2.24, 2.45) is 5.92 Å². The maximum atomic E-state index is 13.0. The van der Waals surface area contributed by atoms with Gasteiger partial charge in [-0.05, 0) is 55.5 Å². The quantitative estimate of drug-likeness (QED) is 0.875. The van der Waals surface area contributed by atoms with Gasteiger partial charge in [-0.2, -0.15) is 0 Å². The number of piperidine rings is 1. The lowest BCUT2D eigenvalue weighted by atomic mass is 9.97. The largest absolute Gasteiger partial charge is 0.396 e. The summed E-state index contributed by atoms with van der Waals surface area (Å²) in [5.41, 5.74) is 1.57. The SMILES string of the molecule is Cc1cc(F)ccc1C(O)CN1CCCC(CO)C1. The number of halogens is 1. The second-order valence-corrected chi connectivity index (χ2v) is 5.47. The molecule has 2 N–H and O–H groups in total. The maximum Gasteiger partial charge on any atom is 0.123 e. The predicted octanol–water partition coefficient (Wildman–Crippen LogP) is 1.87. The molecule has 106 valence electrons. The lowest BCUT2D eigenvalue weighted by Gasteiger charge is -2.33. The molecule has 0 amide bonds. The highest BCUT2D eigenvalue weighted by Gasteiger charge is 2.22. The smallest absolute Gasteiger partial charge is 0.123 e. The van der Waals surface area contributed by atoms with Crippen molar-refractivity contribution in [1.29, 1.82) is 0 Å². The highest BCUT2D eigenvalue weighted by Crippen LogP contribution is 2.22. The summed E-state index contributed by atoms with van der Waals surface area (Å²) in [6.45, 7) is 4.35. The molecule has 0 aliphatic carbocycles. The second-order valence-electron chi connectivity index (χ2n) is 5.47. The highest BCUT2D eigenvalue weighted by molar-refractivity contribution is 5.28. The van der Waals surface area contributed by atoms with E-state index in [0.717, 1.165) is 37.1 Å². The molecule has 0 aromatic heterocycles. The van der Waals surface area contributed by atoms with Crippen LogP contribution in [0, 0.1) is 18.7 Å². The van der Waals surface area contributed by atoms with Gasteiger partial charge in [0.2, 0.25) is 0 Å². The molecule has 1 aromatic carbocycles. The summed E-state index contributed by atoms with van der Waals surface area (Å²) in [5.74, 6) is 0.0435. The molecule has 3 nitrogen and oxygen atoms in total. The number of aliphatic hydroxyl groups is 2. The van der Waals surface area contributed by atoms with Gasteiger partial charge >= 0.3 is 0 Å². The Kier molecular flexibility index (Phi) is 4.91. The number of hydrogen-bond donors (Lipinski definition) is 2. The van der Waals surface area contributed by atoms with E-state index in [4.69, 9.17) is 0 Å². The van der Waals surface area contributed by atoms with E-state index in [-0.39, 0.29) is 12.4 Å². The Balaban J connectivity index is 1.98. The van der Waals surface area contributed by atoms with E-state index in [0.29, 0.717) is 12.5 Å². The number of rotatable bonds is 4. The van der Waals surface area contributed by atoms with Crippen molar-refractivity contribution in [3.05, 3.63) is 35.1 Å². The molecule has 0 spiro atoms. The molecule has 1 aromatic rings. The van der Waals surface area contributed by atoms with Crippen LogP contribution in [0.1, 0.15) is 30.1 Å². The van der Waals surface area contributed by atoms with Gasteiger partial charge in [0.05, 0.1) is 6.10 Å². The first-order chi connectivity index (χ1) is 9.10. The highest BCUT2D eigenvalue weighted by atomic mass is 19.1. The molecule has 4 heteroatoms. The van der Waals surface area contributed by atoms with Gasteiger partial charge < -0.3 is 15.1 Å². The summed E-state index contributed by atoms with van der Waals surface area (Å²) >= 11 is 0. The Labute approximate surface area is 113 Å². The van der Waals surface area contributed by atoms with E-state index in [9.17, 15) is 14.6 Å². The van der Waals surface area contributed by atoms with Crippen molar-refractivity contribution < 1.29 is 14.6 Å². The monoisotopic (exact) mass is 267 g/mol. The van der Waals surface area contributed by atoms with E-state index >= 15 is 0 Å². The van der Waals surface area contributed by atoms with E-state index < -0.39 is 6.10 Å². The van der Waals surface area contributed by atoms with Gasteiger partial charge in [-0.25, -0.2) is 4.39 Å². The molecule has 1 aliphatic heterocycles. The van der Waals surface area contributed by atoms with Gasteiger partial charge in [0.15, 0.2) is 0 Å². The Bertz CT molecular complexity index is 425. The van der Waals surface area contributed by atoms with Gasteiger partial charge in [-0.1, -0.05) is 6.07 Å². The van der Waals surface area contributed by atoms with Crippen LogP contribution in [-0.2, 0) is 0 Å². The molecule has 1 saturated heterocycles. The first kappa shape index (κ1) is 14.4. The van der Waals surface area contributed by atoms with Gasteiger partial charge in [0, 0.05) is 19.7 Å². The third-order valence-corrected chi connectivity index (χ3v) is 3.88. The number of hydrogen-bond acceptors (Lipinski definition) is 3. The first-order valence-corrected chi connectivity index (χ1v) is 6.87. The van der Waals surface area contributed by atoms with Crippen LogP contribution in [0.4, 0.5) is 4.39 Å². The lowest BCUT2D eigenvalue weighted by molar-refractivity contribution is 0.0675. The fraction of sp³-hybridized carbons (Fsp3) is 0.600. The summed E-state index contributed by atoms with van der Waals surface area (Å²) in [5, 5.41) is 19.5. The van der Waals surface area contributed by atoms with Gasteiger partial charge in [-0.3, -0.25) is 0 Å². The van der Waals surface area contributed by atoms with E-state index in [1.807, 2.05) is 6.92 Å². The second kappa shape index (κ2) is 6.46. The topological polar surface area (TPSA) is 43.7 Å².